The van der Waals surface area contributed by atoms with Crippen LogP contribution in [0.2, 0.25) is 0 Å². The Bertz CT molecular complexity index is 183. The normalized spacial score (nSPS) is 34.4. The van der Waals surface area contributed by atoms with E-state index in [1.165, 1.54) is 25.7 Å². The van der Waals surface area contributed by atoms with Gasteiger partial charge in [0.15, 0.2) is 0 Å². The van der Waals surface area contributed by atoms with Gasteiger partial charge in [-0.2, -0.15) is 0 Å². The molecule has 1 aliphatic carbocycles. The maximum absolute atomic E-state index is 6.47. The lowest BCUT2D eigenvalue weighted by atomic mass is 9.68. The molecule has 90 valence electrons. The molecule has 0 heterocycles. The highest BCUT2D eigenvalue weighted by atomic mass is 16.5. The molecule has 1 atom stereocenters. The number of ether oxygens (including phenoxy) is 1. The predicted molar refractivity (Wildman–Crippen MR) is 64.8 cm³/mol. The first-order valence-corrected chi connectivity index (χ1v) is 6.27. The van der Waals surface area contributed by atoms with Crippen LogP contribution in [0.25, 0.3) is 0 Å². The summed E-state index contributed by atoms with van der Waals surface area (Å²) in [5.41, 5.74) is 6.50. The van der Waals surface area contributed by atoms with Gasteiger partial charge in [-0.1, -0.05) is 20.8 Å². The molecule has 1 rings (SSSR count). The summed E-state index contributed by atoms with van der Waals surface area (Å²) in [5, 5.41) is 0. The molecular formula is C13H27NO. The Morgan fingerprint density at radius 3 is 2.20 bits per heavy atom. The molecule has 15 heavy (non-hydrogen) atoms. The van der Waals surface area contributed by atoms with Gasteiger partial charge in [-0.15, -0.1) is 0 Å². The van der Waals surface area contributed by atoms with Gasteiger partial charge < -0.3 is 10.5 Å². The summed E-state index contributed by atoms with van der Waals surface area (Å²) in [6.07, 6.45) is 4.92. The van der Waals surface area contributed by atoms with Crippen LogP contribution in [0, 0.1) is 17.8 Å². The van der Waals surface area contributed by atoms with Crippen LogP contribution in [0.5, 0.6) is 0 Å². The highest BCUT2D eigenvalue weighted by Gasteiger charge is 2.36. The Kier molecular flexibility index (Phi) is 4.60. The molecule has 0 aliphatic heterocycles. The zero-order valence-corrected chi connectivity index (χ0v) is 10.8. The first-order chi connectivity index (χ1) is 6.99. The van der Waals surface area contributed by atoms with Crippen LogP contribution in [0.1, 0.15) is 46.5 Å². The number of hydrogen-bond acceptors (Lipinski definition) is 2. The Hall–Kier alpha value is -0.0800. The van der Waals surface area contributed by atoms with Crippen molar-refractivity contribution in [2.75, 3.05) is 13.7 Å². The van der Waals surface area contributed by atoms with Crippen LogP contribution in [-0.4, -0.2) is 19.3 Å². The van der Waals surface area contributed by atoms with E-state index in [0.717, 1.165) is 18.4 Å². The van der Waals surface area contributed by atoms with Gasteiger partial charge in [-0.3, -0.25) is 0 Å². The van der Waals surface area contributed by atoms with Gasteiger partial charge in [0.05, 0.1) is 6.61 Å². The Balaban J connectivity index is 2.46. The maximum atomic E-state index is 6.47. The minimum Gasteiger partial charge on any atom is -0.384 e. The topological polar surface area (TPSA) is 35.2 Å². The molecule has 0 amide bonds. The lowest BCUT2D eigenvalue weighted by Crippen LogP contribution is -2.50. The van der Waals surface area contributed by atoms with Gasteiger partial charge in [-0.05, 0) is 43.4 Å². The van der Waals surface area contributed by atoms with Crippen LogP contribution >= 0.6 is 0 Å². The summed E-state index contributed by atoms with van der Waals surface area (Å²) < 4.78 is 5.22. The van der Waals surface area contributed by atoms with Crippen LogP contribution < -0.4 is 5.73 Å². The molecule has 1 fully saturated rings. The smallest absolute Gasteiger partial charge is 0.0505 e. The second-order valence-corrected chi connectivity index (χ2v) is 5.67. The zero-order chi connectivity index (χ0) is 11.5. The Morgan fingerprint density at radius 1 is 1.27 bits per heavy atom. The summed E-state index contributed by atoms with van der Waals surface area (Å²) in [6.45, 7) is 7.67. The van der Waals surface area contributed by atoms with Crippen LogP contribution in [0.3, 0.4) is 0 Å². The van der Waals surface area contributed by atoms with E-state index in [2.05, 4.69) is 20.8 Å². The SMILES string of the molecule is COCC(C)C1(N)CCC(C(C)C)CC1. The van der Waals surface area contributed by atoms with Gasteiger partial charge in [0.25, 0.3) is 0 Å². The minimum absolute atomic E-state index is 0.0292. The minimum atomic E-state index is 0.0292. The van der Waals surface area contributed by atoms with Crippen molar-refractivity contribution in [3.8, 4) is 0 Å². The van der Waals surface area contributed by atoms with Crippen LogP contribution in [0.4, 0.5) is 0 Å². The van der Waals surface area contributed by atoms with E-state index in [4.69, 9.17) is 10.5 Å². The van der Waals surface area contributed by atoms with Gasteiger partial charge in [0.1, 0.15) is 0 Å². The molecule has 0 bridgehead atoms. The first-order valence-electron chi connectivity index (χ1n) is 6.27. The van der Waals surface area contributed by atoms with Gasteiger partial charge in [0.2, 0.25) is 0 Å². The van der Waals surface area contributed by atoms with Crippen molar-refractivity contribution in [2.24, 2.45) is 23.5 Å². The van der Waals surface area contributed by atoms with E-state index >= 15 is 0 Å². The van der Waals surface area contributed by atoms with Crippen molar-refractivity contribution < 1.29 is 4.74 Å². The average molecular weight is 213 g/mol. The molecule has 0 spiro atoms. The molecule has 0 aromatic rings. The monoisotopic (exact) mass is 213 g/mol. The summed E-state index contributed by atoms with van der Waals surface area (Å²) in [7, 11) is 1.76. The summed E-state index contributed by atoms with van der Waals surface area (Å²) in [5.74, 6) is 2.18. The third-order valence-corrected chi connectivity index (χ3v) is 4.30. The van der Waals surface area contributed by atoms with Gasteiger partial charge >= 0.3 is 0 Å². The van der Waals surface area contributed by atoms with E-state index in [9.17, 15) is 0 Å². The van der Waals surface area contributed by atoms with Gasteiger partial charge in [0, 0.05) is 12.6 Å². The lowest BCUT2D eigenvalue weighted by molar-refractivity contribution is 0.0782. The summed E-state index contributed by atoms with van der Waals surface area (Å²) >= 11 is 0. The summed E-state index contributed by atoms with van der Waals surface area (Å²) in [6, 6.07) is 0. The average Bonchev–Trinajstić information content (AvgIpc) is 2.18. The molecule has 0 aromatic carbocycles. The summed E-state index contributed by atoms with van der Waals surface area (Å²) in [4.78, 5) is 0. The van der Waals surface area contributed by atoms with Crippen molar-refractivity contribution in [3.63, 3.8) is 0 Å². The zero-order valence-electron chi connectivity index (χ0n) is 10.8. The Labute approximate surface area is 94.6 Å². The highest BCUT2D eigenvalue weighted by Crippen LogP contribution is 2.38. The molecule has 2 nitrogen and oxygen atoms in total. The highest BCUT2D eigenvalue weighted by molar-refractivity contribution is 4.94. The third-order valence-electron chi connectivity index (χ3n) is 4.30. The van der Waals surface area contributed by atoms with E-state index in [1.807, 2.05) is 0 Å². The number of nitrogens with two attached hydrogens (primary N) is 1. The molecule has 1 aliphatic rings. The molecule has 1 unspecified atom stereocenters. The van der Waals surface area contributed by atoms with Crippen molar-refractivity contribution >= 4 is 0 Å². The Morgan fingerprint density at radius 2 is 1.80 bits per heavy atom. The van der Waals surface area contributed by atoms with Crippen molar-refractivity contribution in [1.82, 2.24) is 0 Å². The molecule has 1 saturated carbocycles. The largest absolute Gasteiger partial charge is 0.384 e. The van der Waals surface area contributed by atoms with Gasteiger partial charge in [-0.25, -0.2) is 0 Å². The first kappa shape index (κ1) is 13.0. The second-order valence-electron chi connectivity index (χ2n) is 5.67. The molecule has 0 radical (unpaired) electrons. The second kappa shape index (κ2) is 5.31. The fourth-order valence-electron chi connectivity index (χ4n) is 2.75. The molecular weight excluding hydrogens is 186 g/mol. The third kappa shape index (κ3) is 3.18. The fraction of sp³-hybridized carbons (Fsp3) is 1.00. The molecule has 2 heteroatoms. The fourth-order valence-corrected chi connectivity index (χ4v) is 2.75. The van der Waals surface area contributed by atoms with Crippen LogP contribution in [-0.2, 0) is 4.74 Å². The van der Waals surface area contributed by atoms with Crippen molar-refractivity contribution in [3.05, 3.63) is 0 Å². The predicted octanol–water partition coefficient (Wildman–Crippen LogP) is 2.81. The van der Waals surface area contributed by atoms with E-state index in [1.54, 1.807) is 7.11 Å². The molecule has 0 saturated heterocycles. The van der Waals surface area contributed by atoms with Crippen LogP contribution in [0.15, 0.2) is 0 Å². The van der Waals surface area contributed by atoms with E-state index in [0.29, 0.717) is 5.92 Å². The van der Waals surface area contributed by atoms with Crippen molar-refractivity contribution in [2.45, 2.75) is 52.0 Å². The number of rotatable bonds is 4. The quantitative estimate of drug-likeness (QED) is 0.779. The molecule has 0 aromatic heterocycles. The number of hydrogen-bond donors (Lipinski definition) is 1. The maximum Gasteiger partial charge on any atom is 0.0505 e. The number of methoxy groups -OCH3 is 1. The van der Waals surface area contributed by atoms with E-state index in [-0.39, 0.29) is 5.54 Å². The van der Waals surface area contributed by atoms with E-state index < -0.39 is 0 Å². The molecule has 2 N–H and O–H groups in total. The lowest BCUT2D eigenvalue weighted by Gasteiger charge is -2.42. The van der Waals surface area contributed by atoms with Crippen molar-refractivity contribution in [1.29, 1.82) is 0 Å². The standard InChI is InChI=1S/C13H27NO/c1-10(2)12-5-7-13(14,8-6-12)11(3)9-15-4/h10-12H,5-9,14H2,1-4H3.